The molecule has 0 aromatic heterocycles. The fraction of sp³-hybridized carbons (Fsp3) is 0. The van der Waals surface area contributed by atoms with Crippen LogP contribution in [0.25, 0.3) is 6.08 Å². The SMILES string of the molecule is Oc1c(Cl)cc(Cl)cc1/C=C/[B-](F)(F)F.[K+]. The molecule has 0 aliphatic carbocycles. The van der Waals surface area contributed by atoms with Crippen LogP contribution in [-0.2, 0) is 0 Å². The molecule has 1 nitrogen and oxygen atoms in total. The predicted molar refractivity (Wildman–Crippen MR) is 56.2 cm³/mol. The van der Waals surface area contributed by atoms with Crippen molar-refractivity contribution in [3.05, 3.63) is 33.7 Å². The van der Waals surface area contributed by atoms with E-state index in [2.05, 4.69) is 0 Å². The van der Waals surface area contributed by atoms with E-state index in [1.54, 1.807) is 0 Å². The second-order valence-corrected chi connectivity index (χ2v) is 3.65. The van der Waals surface area contributed by atoms with Crippen LogP contribution >= 0.6 is 23.2 Å². The molecule has 0 aliphatic rings. The van der Waals surface area contributed by atoms with Crippen molar-refractivity contribution < 1.29 is 69.4 Å². The first-order chi connectivity index (χ1) is 6.79. The maximum absolute atomic E-state index is 11.9. The summed E-state index contributed by atoms with van der Waals surface area (Å²) in [5.41, 5.74) is -0.0632. The Labute approximate surface area is 143 Å². The first-order valence-corrected chi connectivity index (χ1v) is 4.62. The second-order valence-electron chi connectivity index (χ2n) is 2.81. The molecule has 0 fully saturated rings. The molecule has 16 heavy (non-hydrogen) atoms. The third-order valence-electron chi connectivity index (χ3n) is 1.55. The average molecular weight is 295 g/mol. The molecule has 0 radical (unpaired) electrons. The van der Waals surface area contributed by atoms with Gasteiger partial charge in [-0.15, -0.1) is 5.98 Å². The average Bonchev–Trinajstić information content (AvgIpc) is 2.07. The van der Waals surface area contributed by atoms with Gasteiger partial charge in [0, 0.05) is 10.6 Å². The Morgan fingerprint density at radius 2 is 1.75 bits per heavy atom. The third kappa shape index (κ3) is 5.44. The molecule has 0 aliphatic heterocycles. The summed E-state index contributed by atoms with van der Waals surface area (Å²) in [5, 5.41) is 9.39. The van der Waals surface area contributed by atoms with Crippen molar-refractivity contribution in [2.75, 3.05) is 0 Å². The number of aromatic hydroxyl groups is 1. The standard InChI is InChI=1S/C8H5BCl2F3O.K/c10-6-3-5(1-2-9(12,13)14)8(15)7(11)4-6;/h1-4,15H;/q-1;+1/b2-1+;. The van der Waals surface area contributed by atoms with E-state index in [0.29, 0.717) is 0 Å². The van der Waals surface area contributed by atoms with Crippen LogP contribution in [0.1, 0.15) is 5.56 Å². The molecule has 1 aromatic carbocycles. The summed E-state index contributed by atoms with van der Waals surface area (Å²) in [4.78, 5) is 0. The Morgan fingerprint density at radius 3 is 2.25 bits per heavy atom. The van der Waals surface area contributed by atoms with Gasteiger partial charge in [0.25, 0.3) is 0 Å². The summed E-state index contributed by atoms with van der Waals surface area (Å²) in [6.07, 6.45) is 0.729. The summed E-state index contributed by atoms with van der Waals surface area (Å²) in [7, 11) is 0. The number of phenolic OH excluding ortho intramolecular Hbond substituents is 1. The molecule has 0 bridgehead atoms. The monoisotopic (exact) mass is 294 g/mol. The van der Waals surface area contributed by atoms with Crippen LogP contribution in [0.2, 0.25) is 10.0 Å². The van der Waals surface area contributed by atoms with Crippen molar-refractivity contribution in [2.24, 2.45) is 0 Å². The van der Waals surface area contributed by atoms with Gasteiger partial charge >= 0.3 is 58.4 Å². The van der Waals surface area contributed by atoms with Gasteiger partial charge in [-0.3, -0.25) is 0 Å². The summed E-state index contributed by atoms with van der Waals surface area (Å²) >= 11 is 11.1. The normalized spacial score (nSPS) is 11.6. The number of hydrogen-bond donors (Lipinski definition) is 1. The summed E-state index contributed by atoms with van der Waals surface area (Å²) in [6.45, 7) is -5.04. The number of phenols is 1. The quantitative estimate of drug-likeness (QED) is 0.810. The molecule has 82 valence electrons. The smallest absolute Gasteiger partial charge is 0.506 e. The van der Waals surface area contributed by atoms with E-state index >= 15 is 0 Å². The molecular weight excluding hydrogens is 290 g/mol. The molecule has 0 amide bonds. The van der Waals surface area contributed by atoms with Crippen LogP contribution in [-0.4, -0.2) is 12.1 Å². The first-order valence-electron chi connectivity index (χ1n) is 3.87. The van der Waals surface area contributed by atoms with Gasteiger partial charge in [-0.05, 0) is 12.1 Å². The molecule has 1 aromatic rings. The molecule has 8 heteroatoms. The number of halogens is 5. The zero-order valence-corrected chi connectivity index (χ0v) is 12.9. The van der Waals surface area contributed by atoms with E-state index in [4.69, 9.17) is 23.2 Å². The van der Waals surface area contributed by atoms with E-state index in [1.807, 2.05) is 0 Å². The van der Waals surface area contributed by atoms with E-state index < -0.39 is 12.7 Å². The minimum Gasteiger partial charge on any atom is -0.506 e. The second kappa shape index (κ2) is 6.68. The van der Waals surface area contributed by atoms with E-state index in [0.717, 1.165) is 6.08 Å². The molecule has 1 rings (SSSR count). The van der Waals surface area contributed by atoms with Gasteiger partial charge < -0.3 is 18.1 Å². The maximum atomic E-state index is 11.9. The molecule has 0 spiro atoms. The van der Waals surface area contributed by atoms with Crippen LogP contribution in [0.15, 0.2) is 18.1 Å². The van der Waals surface area contributed by atoms with E-state index in [-0.39, 0.29) is 73.0 Å². The molecule has 1 N–H and O–H groups in total. The largest absolute Gasteiger partial charge is 1.00 e. The van der Waals surface area contributed by atoms with Gasteiger partial charge in [0.05, 0.1) is 5.02 Å². The molecule has 0 saturated carbocycles. The maximum Gasteiger partial charge on any atom is 1.00 e. The molecule has 0 saturated heterocycles. The van der Waals surface area contributed by atoms with Gasteiger partial charge in [0.2, 0.25) is 0 Å². The number of hydrogen-bond acceptors (Lipinski definition) is 1. The van der Waals surface area contributed by atoms with Gasteiger partial charge in [0.1, 0.15) is 5.75 Å². The Bertz CT molecular complexity index is 409. The van der Waals surface area contributed by atoms with E-state index in [1.165, 1.54) is 12.1 Å². The van der Waals surface area contributed by atoms with Crippen LogP contribution < -0.4 is 51.4 Å². The van der Waals surface area contributed by atoms with Gasteiger partial charge in [-0.2, -0.15) is 0 Å². The molecular formula is C8H5BCl2F3KO. The Kier molecular flexibility index (Phi) is 7.03. The number of benzene rings is 1. The third-order valence-corrected chi connectivity index (χ3v) is 2.06. The predicted octanol–water partition coefficient (Wildman–Crippen LogP) is 1.10. The van der Waals surface area contributed by atoms with Crippen molar-refractivity contribution in [3.63, 3.8) is 0 Å². The summed E-state index contributed by atoms with van der Waals surface area (Å²) in [6, 6.07) is 2.44. The fourth-order valence-corrected chi connectivity index (χ4v) is 1.43. The number of rotatable bonds is 2. The van der Waals surface area contributed by atoms with Crippen molar-refractivity contribution in [2.45, 2.75) is 0 Å². The Balaban J connectivity index is 0.00000225. The Morgan fingerprint density at radius 1 is 1.19 bits per heavy atom. The van der Waals surface area contributed by atoms with E-state index in [9.17, 15) is 18.1 Å². The fourth-order valence-electron chi connectivity index (χ4n) is 0.926. The zero-order valence-electron chi connectivity index (χ0n) is 8.22. The zero-order chi connectivity index (χ0) is 11.6. The minimum absolute atomic E-state index is 0. The molecule has 0 atom stereocenters. The Hall–Kier alpha value is 0.831. The van der Waals surface area contributed by atoms with Gasteiger partial charge in [-0.25, -0.2) is 0 Å². The van der Waals surface area contributed by atoms with Gasteiger partial charge in [-0.1, -0.05) is 29.3 Å². The van der Waals surface area contributed by atoms with Crippen molar-refractivity contribution in [1.29, 1.82) is 0 Å². The minimum atomic E-state index is -5.04. The van der Waals surface area contributed by atoms with Crippen LogP contribution in [0.4, 0.5) is 12.9 Å². The van der Waals surface area contributed by atoms with Crippen molar-refractivity contribution in [1.82, 2.24) is 0 Å². The molecule has 0 unspecified atom stereocenters. The summed E-state index contributed by atoms with van der Waals surface area (Å²) < 4.78 is 35.7. The summed E-state index contributed by atoms with van der Waals surface area (Å²) in [5.74, 6) is -0.362. The molecule has 0 heterocycles. The van der Waals surface area contributed by atoms with Crippen LogP contribution in [0.5, 0.6) is 5.75 Å². The first kappa shape index (κ1) is 16.8. The van der Waals surface area contributed by atoms with Gasteiger partial charge in [0.15, 0.2) is 0 Å². The van der Waals surface area contributed by atoms with Crippen molar-refractivity contribution in [3.8, 4) is 5.75 Å². The topological polar surface area (TPSA) is 20.2 Å². The van der Waals surface area contributed by atoms with Crippen LogP contribution in [0, 0.1) is 0 Å². The van der Waals surface area contributed by atoms with Crippen LogP contribution in [0.3, 0.4) is 0 Å². The van der Waals surface area contributed by atoms with Crippen molar-refractivity contribution >= 4 is 36.3 Å².